The molecular weight excluding hydrogens is 382 g/mol. The second kappa shape index (κ2) is 8.65. The first kappa shape index (κ1) is 18.2. The number of nitrogens with zero attached hydrogens (tertiary/aromatic N) is 2. The van der Waals surface area contributed by atoms with Crippen LogP contribution in [0.15, 0.2) is 47.1 Å². The molecule has 1 aromatic heterocycles. The molecule has 1 saturated heterocycles. The molecule has 1 amide bonds. The SMILES string of the molecule is CCn1cc(Br)cc1C(=O)NCC1CN(Cc2ccccc2)CCO1. The maximum Gasteiger partial charge on any atom is 0.268 e. The fourth-order valence-electron chi connectivity index (χ4n) is 3.11. The summed E-state index contributed by atoms with van der Waals surface area (Å²) in [5, 5.41) is 3.01. The Morgan fingerprint density at radius 3 is 2.92 bits per heavy atom. The largest absolute Gasteiger partial charge is 0.374 e. The molecule has 2 heterocycles. The summed E-state index contributed by atoms with van der Waals surface area (Å²) < 4.78 is 8.67. The number of nitrogens with one attached hydrogen (secondary N) is 1. The molecule has 0 bridgehead atoms. The van der Waals surface area contributed by atoms with E-state index in [1.54, 1.807) is 0 Å². The van der Waals surface area contributed by atoms with E-state index >= 15 is 0 Å². The van der Waals surface area contributed by atoms with Gasteiger partial charge in [-0.1, -0.05) is 30.3 Å². The molecule has 0 spiro atoms. The summed E-state index contributed by atoms with van der Waals surface area (Å²) in [6.45, 7) is 6.67. The van der Waals surface area contributed by atoms with E-state index in [1.807, 2.05) is 29.8 Å². The number of benzene rings is 1. The van der Waals surface area contributed by atoms with Gasteiger partial charge in [0.2, 0.25) is 0 Å². The fraction of sp³-hybridized carbons (Fsp3) is 0.421. The zero-order chi connectivity index (χ0) is 17.6. The van der Waals surface area contributed by atoms with Crippen molar-refractivity contribution in [2.24, 2.45) is 0 Å². The molecule has 2 aromatic rings. The van der Waals surface area contributed by atoms with E-state index in [2.05, 4.69) is 50.4 Å². The molecule has 0 saturated carbocycles. The molecule has 1 aliphatic heterocycles. The lowest BCUT2D eigenvalue weighted by Crippen LogP contribution is -2.47. The summed E-state index contributed by atoms with van der Waals surface area (Å²) in [4.78, 5) is 14.8. The molecule has 25 heavy (non-hydrogen) atoms. The van der Waals surface area contributed by atoms with Gasteiger partial charge in [0, 0.05) is 43.4 Å². The summed E-state index contributed by atoms with van der Waals surface area (Å²) in [5.74, 6) is -0.0590. The van der Waals surface area contributed by atoms with Gasteiger partial charge >= 0.3 is 0 Å². The highest BCUT2D eigenvalue weighted by atomic mass is 79.9. The maximum absolute atomic E-state index is 12.4. The Hall–Kier alpha value is -1.63. The van der Waals surface area contributed by atoms with Gasteiger partial charge in [-0.05, 0) is 34.5 Å². The van der Waals surface area contributed by atoms with Crippen LogP contribution in [0, 0.1) is 0 Å². The lowest BCUT2D eigenvalue weighted by Gasteiger charge is -2.33. The van der Waals surface area contributed by atoms with Crippen LogP contribution < -0.4 is 5.32 Å². The molecule has 6 heteroatoms. The van der Waals surface area contributed by atoms with Crippen molar-refractivity contribution < 1.29 is 9.53 Å². The molecule has 1 atom stereocenters. The smallest absolute Gasteiger partial charge is 0.268 e. The maximum atomic E-state index is 12.4. The first-order valence-electron chi connectivity index (χ1n) is 8.67. The van der Waals surface area contributed by atoms with Crippen LogP contribution in [-0.2, 0) is 17.8 Å². The van der Waals surface area contributed by atoms with Gasteiger partial charge in [0.25, 0.3) is 5.91 Å². The normalized spacial score (nSPS) is 18.2. The van der Waals surface area contributed by atoms with E-state index in [-0.39, 0.29) is 12.0 Å². The fourth-order valence-corrected chi connectivity index (χ4v) is 3.58. The van der Waals surface area contributed by atoms with Crippen molar-refractivity contribution in [3.8, 4) is 0 Å². The summed E-state index contributed by atoms with van der Waals surface area (Å²) in [6.07, 6.45) is 1.95. The number of morpholine rings is 1. The van der Waals surface area contributed by atoms with E-state index in [0.29, 0.717) is 18.8 Å². The van der Waals surface area contributed by atoms with E-state index in [0.717, 1.165) is 30.7 Å². The van der Waals surface area contributed by atoms with E-state index in [1.165, 1.54) is 5.56 Å². The van der Waals surface area contributed by atoms with Crippen molar-refractivity contribution in [2.75, 3.05) is 26.2 Å². The predicted octanol–water partition coefficient (Wildman–Crippen LogP) is 2.90. The zero-order valence-electron chi connectivity index (χ0n) is 14.5. The third kappa shape index (κ3) is 4.93. The summed E-state index contributed by atoms with van der Waals surface area (Å²) in [7, 11) is 0. The Balaban J connectivity index is 1.51. The average Bonchev–Trinajstić information content (AvgIpc) is 3.02. The van der Waals surface area contributed by atoms with Crippen LogP contribution in [0.2, 0.25) is 0 Å². The number of hydrogen-bond acceptors (Lipinski definition) is 3. The topological polar surface area (TPSA) is 46.5 Å². The third-order valence-electron chi connectivity index (χ3n) is 4.40. The highest BCUT2D eigenvalue weighted by Gasteiger charge is 2.22. The predicted molar refractivity (Wildman–Crippen MR) is 102 cm³/mol. The van der Waals surface area contributed by atoms with Crippen LogP contribution in [0.5, 0.6) is 0 Å². The number of carbonyl (C=O) groups excluding carboxylic acids is 1. The monoisotopic (exact) mass is 405 g/mol. The van der Waals surface area contributed by atoms with Crippen molar-refractivity contribution in [1.82, 2.24) is 14.8 Å². The van der Waals surface area contributed by atoms with Gasteiger partial charge in [-0.15, -0.1) is 0 Å². The Bertz CT molecular complexity index is 702. The summed E-state index contributed by atoms with van der Waals surface area (Å²) in [5.41, 5.74) is 1.98. The molecule has 5 nitrogen and oxygen atoms in total. The molecule has 3 rings (SSSR count). The molecule has 0 aliphatic carbocycles. The van der Waals surface area contributed by atoms with E-state index < -0.39 is 0 Å². The standard InChI is InChI=1S/C19H24BrN3O2/c1-2-23-13-16(20)10-18(23)19(24)21-11-17-14-22(8-9-25-17)12-15-6-4-3-5-7-15/h3-7,10,13,17H,2,8-9,11-12,14H2,1H3,(H,21,24). The number of rotatable bonds is 6. The molecule has 1 aromatic carbocycles. The van der Waals surface area contributed by atoms with Gasteiger partial charge in [0.05, 0.1) is 12.7 Å². The van der Waals surface area contributed by atoms with Crippen LogP contribution in [0.1, 0.15) is 23.0 Å². The molecule has 134 valence electrons. The minimum absolute atomic E-state index is 0.0230. The lowest BCUT2D eigenvalue weighted by molar-refractivity contribution is -0.0293. The number of aromatic nitrogens is 1. The Morgan fingerprint density at radius 1 is 1.36 bits per heavy atom. The molecule has 1 N–H and O–H groups in total. The average molecular weight is 406 g/mol. The number of aryl methyl sites for hydroxylation is 1. The van der Waals surface area contributed by atoms with Crippen molar-refractivity contribution >= 4 is 21.8 Å². The first-order chi connectivity index (χ1) is 12.2. The molecule has 1 aliphatic rings. The quantitative estimate of drug-likeness (QED) is 0.803. The number of hydrogen-bond donors (Lipinski definition) is 1. The summed E-state index contributed by atoms with van der Waals surface area (Å²) >= 11 is 3.43. The minimum Gasteiger partial charge on any atom is -0.374 e. The molecule has 0 radical (unpaired) electrons. The third-order valence-corrected chi connectivity index (χ3v) is 4.83. The van der Waals surface area contributed by atoms with Gasteiger partial charge in [-0.3, -0.25) is 9.69 Å². The van der Waals surface area contributed by atoms with Crippen LogP contribution >= 0.6 is 15.9 Å². The highest BCUT2D eigenvalue weighted by Crippen LogP contribution is 2.15. The minimum atomic E-state index is -0.0590. The van der Waals surface area contributed by atoms with Crippen LogP contribution in [0.4, 0.5) is 0 Å². The Kier molecular flexibility index (Phi) is 6.29. The highest BCUT2D eigenvalue weighted by molar-refractivity contribution is 9.10. The second-order valence-corrected chi connectivity index (χ2v) is 7.17. The number of amides is 1. The van der Waals surface area contributed by atoms with Crippen LogP contribution in [0.25, 0.3) is 0 Å². The molecular formula is C19H24BrN3O2. The number of carbonyl (C=O) groups is 1. The van der Waals surface area contributed by atoms with E-state index in [4.69, 9.17) is 4.74 Å². The zero-order valence-corrected chi connectivity index (χ0v) is 16.0. The van der Waals surface area contributed by atoms with Crippen molar-refractivity contribution in [1.29, 1.82) is 0 Å². The van der Waals surface area contributed by atoms with Gasteiger partial charge in [0.15, 0.2) is 0 Å². The Morgan fingerprint density at radius 2 is 2.16 bits per heavy atom. The van der Waals surface area contributed by atoms with Crippen molar-refractivity contribution in [2.45, 2.75) is 26.1 Å². The molecule has 1 unspecified atom stereocenters. The summed E-state index contributed by atoms with van der Waals surface area (Å²) in [6, 6.07) is 12.3. The Labute approximate surface area is 157 Å². The van der Waals surface area contributed by atoms with Gasteiger partial charge in [0.1, 0.15) is 5.69 Å². The second-order valence-electron chi connectivity index (χ2n) is 6.25. The number of ether oxygens (including phenoxy) is 1. The lowest BCUT2D eigenvalue weighted by atomic mass is 10.2. The van der Waals surface area contributed by atoms with E-state index in [9.17, 15) is 4.79 Å². The van der Waals surface area contributed by atoms with Gasteiger partial charge in [-0.2, -0.15) is 0 Å². The van der Waals surface area contributed by atoms with Gasteiger partial charge < -0.3 is 14.6 Å². The van der Waals surface area contributed by atoms with Gasteiger partial charge in [-0.25, -0.2) is 0 Å². The number of halogens is 1. The van der Waals surface area contributed by atoms with Crippen LogP contribution in [-0.4, -0.2) is 47.7 Å². The van der Waals surface area contributed by atoms with Crippen molar-refractivity contribution in [3.05, 3.63) is 58.3 Å². The van der Waals surface area contributed by atoms with Crippen LogP contribution in [0.3, 0.4) is 0 Å². The van der Waals surface area contributed by atoms with Crippen molar-refractivity contribution in [3.63, 3.8) is 0 Å². The first-order valence-corrected chi connectivity index (χ1v) is 9.46. The molecule has 1 fully saturated rings.